The number of primary amides is 1. The quantitative estimate of drug-likeness (QED) is 0.802. The van der Waals surface area contributed by atoms with E-state index >= 15 is 0 Å². The van der Waals surface area contributed by atoms with Gasteiger partial charge in [-0.05, 0) is 11.8 Å². The topological polar surface area (TPSA) is 60.9 Å². The molecule has 90 valence electrons. The number of carbonyl (C=O) groups excluding carboxylic acids is 1. The van der Waals surface area contributed by atoms with Gasteiger partial charge in [0.2, 0.25) is 0 Å². The first-order valence-corrected chi connectivity index (χ1v) is 5.86. The summed E-state index contributed by atoms with van der Waals surface area (Å²) in [4.78, 5) is 14.8. The number of aromatic nitrogens is 2. The zero-order valence-corrected chi connectivity index (χ0v) is 10.3. The van der Waals surface area contributed by atoms with Crippen molar-refractivity contribution in [2.45, 2.75) is 40.2 Å². The molecule has 1 rings (SSSR count). The summed E-state index contributed by atoms with van der Waals surface area (Å²) in [5.41, 5.74) is 5.49. The average Bonchev–Trinajstić information content (AvgIpc) is 2.66. The van der Waals surface area contributed by atoms with Crippen LogP contribution in [0, 0.1) is 11.8 Å². The van der Waals surface area contributed by atoms with Crippen molar-refractivity contribution in [1.29, 1.82) is 0 Å². The number of hydrogen-bond acceptors (Lipinski definition) is 2. The second-order valence-electron chi connectivity index (χ2n) is 4.56. The van der Waals surface area contributed by atoms with Gasteiger partial charge in [-0.3, -0.25) is 4.79 Å². The number of rotatable bonds is 6. The first-order chi connectivity index (χ1) is 7.54. The highest BCUT2D eigenvalue weighted by atomic mass is 16.1. The summed E-state index contributed by atoms with van der Waals surface area (Å²) in [7, 11) is 0. The highest BCUT2D eigenvalue weighted by Crippen LogP contribution is 2.18. The number of nitrogens with two attached hydrogens (primary N) is 1. The molecule has 0 spiro atoms. The number of nitrogens with zero attached hydrogens (tertiary/aromatic N) is 2. The Kier molecular flexibility index (Phi) is 4.52. The summed E-state index contributed by atoms with van der Waals surface area (Å²) < 4.78 is 1.94. The average molecular weight is 223 g/mol. The Bertz CT molecular complexity index is 346. The summed E-state index contributed by atoms with van der Waals surface area (Å²) in [5.74, 6) is 0.798. The molecule has 0 radical (unpaired) electrons. The van der Waals surface area contributed by atoms with Gasteiger partial charge in [-0.25, -0.2) is 4.98 Å². The van der Waals surface area contributed by atoms with Gasteiger partial charge in [-0.2, -0.15) is 0 Å². The fraction of sp³-hybridized carbons (Fsp3) is 0.667. The molecule has 0 aliphatic rings. The molecule has 2 unspecified atom stereocenters. The third kappa shape index (κ3) is 3.36. The number of carbonyl (C=O) groups is 1. The third-order valence-electron chi connectivity index (χ3n) is 3.10. The molecule has 1 amide bonds. The van der Waals surface area contributed by atoms with Crippen LogP contribution in [0.5, 0.6) is 0 Å². The lowest BCUT2D eigenvalue weighted by atomic mass is 9.92. The molecule has 0 saturated carbocycles. The normalized spacial score (nSPS) is 14.7. The lowest BCUT2D eigenvalue weighted by Gasteiger charge is -2.19. The van der Waals surface area contributed by atoms with Crippen LogP contribution in [-0.4, -0.2) is 15.5 Å². The minimum absolute atomic E-state index is 0.343. The van der Waals surface area contributed by atoms with Crippen molar-refractivity contribution in [3.8, 4) is 0 Å². The lowest BCUT2D eigenvalue weighted by Crippen LogP contribution is -2.15. The minimum atomic E-state index is -0.465. The van der Waals surface area contributed by atoms with E-state index in [-0.39, 0.29) is 0 Å². The molecular weight excluding hydrogens is 202 g/mol. The maximum atomic E-state index is 10.9. The van der Waals surface area contributed by atoms with Crippen LogP contribution in [0.2, 0.25) is 0 Å². The second-order valence-corrected chi connectivity index (χ2v) is 4.56. The van der Waals surface area contributed by atoms with Crippen molar-refractivity contribution >= 4 is 5.91 Å². The molecule has 0 aromatic carbocycles. The van der Waals surface area contributed by atoms with E-state index in [0.717, 1.165) is 6.54 Å². The lowest BCUT2D eigenvalue weighted by molar-refractivity contribution is 0.0996. The number of amides is 1. The van der Waals surface area contributed by atoms with Gasteiger partial charge < -0.3 is 10.3 Å². The van der Waals surface area contributed by atoms with E-state index in [2.05, 4.69) is 25.8 Å². The zero-order valence-electron chi connectivity index (χ0n) is 10.3. The Balaban J connectivity index is 2.55. The summed E-state index contributed by atoms with van der Waals surface area (Å²) in [6.45, 7) is 7.58. The van der Waals surface area contributed by atoms with Crippen molar-refractivity contribution in [3.63, 3.8) is 0 Å². The Morgan fingerprint density at radius 3 is 2.69 bits per heavy atom. The molecule has 4 nitrogen and oxygen atoms in total. The van der Waals surface area contributed by atoms with E-state index in [1.54, 1.807) is 12.5 Å². The monoisotopic (exact) mass is 223 g/mol. The molecule has 0 aliphatic carbocycles. The van der Waals surface area contributed by atoms with Crippen LogP contribution in [0.25, 0.3) is 0 Å². The van der Waals surface area contributed by atoms with Crippen molar-refractivity contribution in [2.24, 2.45) is 17.6 Å². The maximum absolute atomic E-state index is 10.9. The van der Waals surface area contributed by atoms with Crippen LogP contribution in [0.3, 0.4) is 0 Å². The van der Waals surface area contributed by atoms with Gasteiger partial charge in [0.25, 0.3) is 5.91 Å². The van der Waals surface area contributed by atoms with Crippen molar-refractivity contribution in [3.05, 3.63) is 18.2 Å². The van der Waals surface area contributed by atoms with Gasteiger partial charge >= 0.3 is 0 Å². The Hall–Kier alpha value is -1.32. The van der Waals surface area contributed by atoms with Gasteiger partial charge in [0.1, 0.15) is 5.69 Å². The van der Waals surface area contributed by atoms with E-state index in [1.165, 1.54) is 12.8 Å². The fourth-order valence-corrected chi connectivity index (χ4v) is 1.84. The highest BCUT2D eigenvalue weighted by molar-refractivity contribution is 5.90. The molecule has 0 saturated heterocycles. The Morgan fingerprint density at radius 1 is 1.50 bits per heavy atom. The molecule has 0 bridgehead atoms. The number of imidazole rings is 1. The first-order valence-electron chi connectivity index (χ1n) is 5.86. The standard InChI is InChI=1S/C12H21N3O/c1-4-5-9(2)10(3)6-15-7-11(12(13)16)14-8-15/h7-10H,4-6H2,1-3H3,(H2,13,16). The van der Waals surface area contributed by atoms with Crippen molar-refractivity contribution < 1.29 is 4.79 Å². The smallest absolute Gasteiger partial charge is 0.268 e. The molecule has 1 aromatic rings. The highest BCUT2D eigenvalue weighted by Gasteiger charge is 2.13. The summed E-state index contributed by atoms with van der Waals surface area (Å²) in [6, 6.07) is 0. The molecule has 16 heavy (non-hydrogen) atoms. The SMILES string of the molecule is CCCC(C)C(C)Cn1cnc(C(N)=O)c1. The molecule has 1 aromatic heterocycles. The van der Waals surface area contributed by atoms with Gasteiger partial charge in [-0.1, -0.05) is 33.6 Å². The van der Waals surface area contributed by atoms with Gasteiger partial charge in [0, 0.05) is 12.7 Å². The van der Waals surface area contributed by atoms with Crippen LogP contribution in [0.1, 0.15) is 44.1 Å². The first kappa shape index (κ1) is 12.7. The van der Waals surface area contributed by atoms with Crippen LogP contribution in [0.15, 0.2) is 12.5 Å². The van der Waals surface area contributed by atoms with Crippen LogP contribution >= 0.6 is 0 Å². The van der Waals surface area contributed by atoms with E-state index in [0.29, 0.717) is 17.5 Å². The third-order valence-corrected chi connectivity index (χ3v) is 3.10. The molecule has 1 heterocycles. The van der Waals surface area contributed by atoms with Crippen LogP contribution in [-0.2, 0) is 6.54 Å². The molecular formula is C12H21N3O. The largest absolute Gasteiger partial charge is 0.364 e. The van der Waals surface area contributed by atoms with Gasteiger partial charge in [-0.15, -0.1) is 0 Å². The Labute approximate surface area is 96.9 Å². The van der Waals surface area contributed by atoms with E-state index in [4.69, 9.17) is 5.73 Å². The van der Waals surface area contributed by atoms with Crippen molar-refractivity contribution in [1.82, 2.24) is 9.55 Å². The van der Waals surface area contributed by atoms with E-state index in [1.807, 2.05) is 4.57 Å². The zero-order chi connectivity index (χ0) is 12.1. The molecule has 2 N–H and O–H groups in total. The molecule has 2 atom stereocenters. The van der Waals surface area contributed by atoms with Crippen molar-refractivity contribution in [2.75, 3.05) is 0 Å². The van der Waals surface area contributed by atoms with Gasteiger partial charge in [0.15, 0.2) is 0 Å². The molecule has 0 fully saturated rings. The summed E-state index contributed by atoms with van der Waals surface area (Å²) in [6.07, 6.45) is 5.84. The van der Waals surface area contributed by atoms with Crippen LogP contribution in [0.4, 0.5) is 0 Å². The minimum Gasteiger partial charge on any atom is -0.364 e. The summed E-state index contributed by atoms with van der Waals surface area (Å²) >= 11 is 0. The number of hydrogen-bond donors (Lipinski definition) is 1. The van der Waals surface area contributed by atoms with E-state index in [9.17, 15) is 4.79 Å². The van der Waals surface area contributed by atoms with E-state index < -0.39 is 5.91 Å². The second kappa shape index (κ2) is 5.68. The fourth-order valence-electron chi connectivity index (χ4n) is 1.84. The molecule has 4 heteroatoms. The van der Waals surface area contributed by atoms with Crippen LogP contribution < -0.4 is 5.73 Å². The predicted octanol–water partition coefficient (Wildman–Crippen LogP) is 2.05. The summed E-state index contributed by atoms with van der Waals surface area (Å²) in [5, 5.41) is 0. The molecule has 0 aliphatic heterocycles. The maximum Gasteiger partial charge on any atom is 0.268 e. The predicted molar refractivity (Wildman–Crippen MR) is 64.0 cm³/mol. The Morgan fingerprint density at radius 2 is 2.19 bits per heavy atom. The van der Waals surface area contributed by atoms with Gasteiger partial charge in [0.05, 0.1) is 6.33 Å².